The van der Waals surface area contributed by atoms with Crippen LogP contribution in [0.3, 0.4) is 0 Å². The summed E-state index contributed by atoms with van der Waals surface area (Å²) in [7, 11) is 1.41. The average molecular weight is 1050 g/mol. The zero-order valence-corrected chi connectivity index (χ0v) is 38.2. The van der Waals surface area contributed by atoms with E-state index in [0.717, 1.165) is 91.5 Å². The van der Waals surface area contributed by atoms with Crippen molar-refractivity contribution in [1.29, 1.82) is 0 Å². The third kappa shape index (κ3) is 22.4. The minimum atomic E-state index is -1.76. The number of nitrogens with zero attached hydrogens (tertiary/aromatic N) is 2. The van der Waals surface area contributed by atoms with Crippen LogP contribution in [0.5, 0.6) is 11.5 Å². The Morgan fingerprint density at radius 1 is 0.698 bits per heavy atom. The van der Waals surface area contributed by atoms with Crippen LogP contribution in [-0.2, 0) is 57.6 Å². The van der Waals surface area contributed by atoms with Crippen molar-refractivity contribution in [1.82, 2.24) is 9.80 Å². The van der Waals surface area contributed by atoms with E-state index in [1.807, 2.05) is 35.2 Å². The zero-order chi connectivity index (χ0) is 46.9. The summed E-state index contributed by atoms with van der Waals surface area (Å²) >= 11 is 3.44. The summed E-state index contributed by atoms with van der Waals surface area (Å²) in [5.74, 6) is -3.74. The van der Waals surface area contributed by atoms with E-state index >= 15 is 0 Å². The Morgan fingerprint density at radius 3 is 1.49 bits per heavy atom. The first-order chi connectivity index (χ1) is 29.3. The fourth-order valence-corrected chi connectivity index (χ4v) is 6.00. The minimum absolute atomic E-state index is 0. The molecule has 14 nitrogen and oxygen atoms in total. The Hall–Kier alpha value is -4.87. The van der Waals surface area contributed by atoms with Gasteiger partial charge in [0.1, 0.15) is 11.5 Å². The number of amides is 2. The molecule has 0 aromatic heterocycles. The largest absolute Gasteiger partial charge is 0.496 e. The van der Waals surface area contributed by atoms with Crippen molar-refractivity contribution in [2.45, 2.75) is 59.5 Å². The Balaban J connectivity index is 0.000000837. The van der Waals surface area contributed by atoms with Crippen molar-refractivity contribution in [2.24, 2.45) is 0 Å². The maximum atomic E-state index is 13.5. The number of hydrogen-bond acceptors (Lipinski definition) is 10. The quantitative estimate of drug-likeness (QED) is 0.0517. The topological polar surface area (TPSA) is 204 Å². The third-order valence-corrected chi connectivity index (χ3v) is 8.79. The van der Waals surface area contributed by atoms with Crippen molar-refractivity contribution in [2.75, 3.05) is 33.9 Å². The Kier molecular flexibility index (Phi) is 28.7. The van der Waals surface area contributed by atoms with E-state index in [2.05, 4.69) is 20.8 Å². The van der Waals surface area contributed by atoms with Crippen LogP contribution >= 0.6 is 15.9 Å². The van der Waals surface area contributed by atoms with Gasteiger partial charge in [0.2, 0.25) is 11.8 Å². The van der Waals surface area contributed by atoms with Crippen molar-refractivity contribution in [3.05, 3.63) is 112 Å². The van der Waals surface area contributed by atoms with Gasteiger partial charge in [0.15, 0.2) is 23.3 Å². The van der Waals surface area contributed by atoms with Gasteiger partial charge in [-0.05, 0) is 106 Å². The number of rotatable bonds is 9. The Morgan fingerprint density at radius 2 is 1.13 bits per heavy atom. The first-order valence-electron chi connectivity index (χ1n) is 18.7. The molecule has 0 saturated carbocycles. The molecule has 348 valence electrons. The van der Waals surface area contributed by atoms with Crippen LogP contribution in [0.1, 0.15) is 57.6 Å². The van der Waals surface area contributed by atoms with Crippen LogP contribution in [0, 0.1) is 23.3 Å². The van der Waals surface area contributed by atoms with Gasteiger partial charge in [0.05, 0.1) is 25.3 Å². The standard InChI is InChI=1S/C18H17F2NO2.C12H14BrNO2.C6H5BF2O2.C2H6O2.2C2H4O2.Pd/c1-23-17-7-4-12(11-21-8-2-3-18(21)22)9-14(17)13-5-6-15(19)16(20)10-13;1-16-11-5-4-9(7-10(11)13)8-14-6-2-3-12(14)15;8-5-2-1-4(7(10)11)3-6(5)9;1-2-4-3;2*1-2(3)4;/h4-7,9-10H,2-3,8,11H2,1H3;4-5,7H,2-3,6,8H2,1H3;1-3,10-11H;3H,2H2,1H3;2*1H3,(H,3,4);. The van der Waals surface area contributed by atoms with Gasteiger partial charge in [-0.3, -0.25) is 24.4 Å². The average Bonchev–Trinajstić information content (AvgIpc) is 3.82. The molecule has 5 N–H and O–H groups in total. The smallest absolute Gasteiger partial charge is 0.488 e. The van der Waals surface area contributed by atoms with Crippen LogP contribution in [0.4, 0.5) is 17.6 Å². The number of carbonyl (C=O) groups is 4. The molecule has 2 aliphatic rings. The fraction of sp³-hybridized carbons (Fsp3) is 0.333. The van der Waals surface area contributed by atoms with E-state index < -0.39 is 42.3 Å². The van der Waals surface area contributed by atoms with Crippen molar-refractivity contribution < 1.29 is 97.0 Å². The maximum Gasteiger partial charge on any atom is 0.488 e. The fourth-order valence-electron chi connectivity index (χ4n) is 5.41. The summed E-state index contributed by atoms with van der Waals surface area (Å²) in [5, 5.41) is 39.2. The summed E-state index contributed by atoms with van der Waals surface area (Å²) in [6.07, 6.45) is 3.14. The van der Waals surface area contributed by atoms with E-state index in [-0.39, 0.29) is 37.7 Å². The molecule has 2 amide bonds. The minimum Gasteiger partial charge on any atom is -0.496 e. The van der Waals surface area contributed by atoms with Crippen molar-refractivity contribution in [3.8, 4) is 22.6 Å². The van der Waals surface area contributed by atoms with Crippen LogP contribution in [-0.4, -0.2) is 100 Å². The monoisotopic (exact) mass is 1050 g/mol. The molecule has 0 unspecified atom stereocenters. The molecule has 2 heterocycles. The van der Waals surface area contributed by atoms with E-state index in [4.69, 9.17) is 44.6 Å². The Labute approximate surface area is 385 Å². The van der Waals surface area contributed by atoms with Gasteiger partial charge in [-0.2, -0.15) is 0 Å². The van der Waals surface area contributed by atoms with E-state index in [1.54, 1.807) is 25.0 Å². The van der Waals surface area contributed by atoms with Gasteiger partial charge in [-0.25, -0.2) is 22.4 Å². The van der Waals surface area contributed by atoms with Crippen molar-refractivity contribution >= 4 is 52.3 Å². The predicted octanol–water partition coefficient (Wildman–Crippen LogP) is 6.66. The van der Waals surface area contributed by atoms with Crippen LogP contribution in [0.25, 0.3) is 11.1 Å². The first kappa shape index (κ1) is 58.1. The molecule has 0 bridgehead atoms. The molecule has 0 aliphatic carbocycles. The number of likely N-dealkylation sites (tertiary alicyclic amines) is 2. The molecular weight excluding hydrogens is 998 g/mol. The second-order valence-corrected chi connectivity index (χ2v) is 13.8. The van der Waals surface area contributed by atoms with E-state index in [0.29, 0.717) is 49.4 Å². The molecule has 63 heavy (non-hydrogen) atoms. The van der Waals surface area contributed by atoms with E-state index in [9.17, 15) is 27.2 Å². The summed E-state index contributed by atoms with van der Waals surface area (Å²) in [5.41, 5.74) is 3.21. The number of halogens is 5. The molecular formula is C42H50BBrF4N2O12Pd. The number of ether oxygens (including phenoxy) is 2. The SMILES string of the molecule is CC(=O)O.CC(=O)O.CCOO.COc1ccc(CN2CCCC2=O)cc1-c1ccc(F)c(F)c1.COc1ccc(CN2CCCC2=O)cc1Br.OB(O)c1ccc(F)c(F)c1.[Pd]. The summed E-state index contributed by atoms with van der Waals surface area (Å²) in [6, 6.07) is 17.9. The molecule has 0 atom stereocenters. The number of carboxylic acids is 2. The van der Waals surface area contributed by atoms with Gasteiger partial charge >= 0.3 is 7.12 Å². The van der Waals surface area contributed by atoms with Crippen LogP contribution in [0.15, 0.2) is 77.3 Å². The molecule has 0 spiro atoms. The molecule has 6 rings (SSSR count). The molecule has 4 aromatic carbocycles. The van der Waals surface area contributed by atoms with Crippen LogP contribution in [0.2, 0.25) is 0 Å². The third-order valence-electron chi connectivity index (χ3n) is 8.17. The maximum absolute atomic E-state index is 13.5. The number of methoxy groups -OCH3 is 2. The van der Waals surface area contributed by atoms with Gasteiger partial charge in [-0.15, -0.1) is 0 Å². The van der Waals surface area contributed by atoms with Gasteiger partial charge in [0.25, 0.3) is 11.9 Å². The second kappa shape index (κ2) is 31.1. The van der Waals surface area contributed by atoms with E-state index in [1.165, 1.54) is 13.2 Å². The first-order valence-corrected chi connectivity index (χ1v) is 19.5. The molecule has 2 saturated heterocycles. The number of carbonyl (C=O) groups excluding carboxylic acids is 2. The van der Waals surface area contributed by atoms with Gasteiger partial charge in [0, 0.05) is 78.9 Å². The predicted molar refractivity (Wildman–Crippen MR) is 225 cm³/mol. The Bertz CT molecular complexity index is 2050. The van der Waals surface area contributed by atoms with Crippen molar-refractivity contribution in [3.63, 3.8) is 0 Å². The van der Waals surface area contributed by atoms with Gasteiger partial charge in [-0.1, -0.05) is 24.3 Å². The summed E-state index contributed by atoms with van der Waals surface area (Å²) < 4.78 is 62.6. The number of aliphatic carboxylic acids is 2. The summed E-state index contributed by atoms with van der Waals surface area (Å²) in [6.45, 7) is 7.09. The number of hydrogen-bond donors (Lipinski definition) is 5. The molecule has 2 fully saturated rings. The summed E-state index contributed by atoms with van der Waals surface area (Å²) in [4.78, 5) is 48.5. The molecule has 4 aromatic rings. The second-order valence-electron chi connectivity index (χ2n) is 13.0. The van der Waals surface area contributed by atoms with Gasteiger partial charge < -0.3 is 39.5 Å². The molecule has 21 heteroatoms. The normalized spacial score (nSPS) is 12.2. The number of benzene rings is 4. The zero-order valence-electron chi connectivity index (χ0n) is 35.1. The molecule has 0 radical (unpaired) electrons. The molecule has 2 aliphatic heterocycles. The number of carboxylic acid groups (broad SMARTS) is 2. The van der Waals surface area contributed by atoms with Crippen LogP contribution < -0.4 is 14.9 Å².